The van der Waals surface area contributed by atoms with E-state index in [9.17, 15) is 9.59 Å². The standard InChI is InChI=1S/C28H21NO4/c1-3-27(30)32-25-15-11-22(12-16-25)29(23-13-17-26(18-14-23)33-28(31)4-2)24-10-9-20-7-5-6-8-21(20)19-24/h3-19H,1-2H2. The summed E-state index contributed by atoms with van der Waals surface area (Å²) in [5.41, 5.74) is 2.67. The Morgan fingerprint density at radius 2 is 1.06 bits per heavy atom. The summed E-state index contributed by atoms with van der Waals surface area (Å²) in [6.45, 7) is 6.84. The van der Waals surface area contributed by atoms with Crippen LogP contribution in [0.1, 0.15) is 0 Å². The van der Waals surface area contributed by atoms with Gasteiger partial charge >= 0.3 is 11.9 Å². The second-order valence-electron chi connectivity index (χ2n) is 7.11. The molecule has 0 aliphatic carbocycles. The lowest BCUT2D eigenvalue weighted by molar-refractivity contribution is -0.129. The first-order valence-corrected chi connectivity index (χ1v) is 10.2. The Labute approximate surface area is 191 Å². The van der Waals surface area contributed by atoms with Crippen molar-refractivity contribution in [2.75, 3.05) is 4.90 Å². The van der Waals surface area contributed by atoms with Crippen LogP contribution in [0.25, 0.3) is 10.8 Å². The fourth-order valence-corrected chi connectivity index (χ4v) is 3.41. The van der Waals surface area contributed by atoms with Gasteiger partial charge < -0.3 is 14.4 Å². The van der Waals surface area contributed by atoms with E-state index in [1.54, 1.807) is 24.3 Å². The predicted octanol–water partition coefficient (Wildman–Crippen LogP) is 6.49. The lowest BCUT2D eigenvalue weighted by Crippen LogP contribution is -2.10. The molecule has 0 aliphatic heterocycles. The van der Waals surface area contributed by atoms with E-state index in [-0.39, 0.29) is 0 Å². The molecule has 4 rings (SSSR count). The molecule has 0 unspecified atom stereocenters. The van der Waals surface area contributed by atoms with Crippen molar-refractivity contribution in [3.63, 3.8) is 0 Å². The molecule has 0 saturated heterocycles. The average molecular weight is 435 g/mol. The molecule has 0 amide bonds. The number of anilines is 3. The number of nitrogens with zero attached hydrogens (tertiary/aromatic N) is 1. The van der Waals surface area contributed by atoms with Crippen LogP contribution in [0.15, 0.2) is 116 Å². The van der Waals surface area contributed by atoms with E-state index in [1.807, 2.05) is 42.5 Å². The quantitative estimate of drug-likeness (QED) is 0.189. The Kier molecular flexibility index (Phi) is 6.32. The number of hydrogen-bond donors (Lipinski definition) is 0. The maximum Gasteiger partial charge on any atom is 0.335 e. The molecule has 33 heavy (non-hydrogen) atoms. The zero-order valence-electron chi connectivity index (χ0n) is 17.8. The van der Waals surface area contributed by atoms with Gasteiger partial charge in [0, 0.05) is 29.2 Å². The Morgan fingerprint density at radius 1 is 0.606 bits per heavy atom. The number of fused-ring (bicyclic) bond motifs is 1. The molecule has 5 heteroatoms. The SMILES string of the molecule is C=CC(=O)Oc1ccc(N(c2ccc(OC(=O)C=C)cc2)c2ccc3ccccc3c2)cc1. The van der Waals surface area contributed by atoms with Crippen molar-refractivity contribution in [3.8, 4) is 11.5 Å². The summed E-state index contributed by atoms with van der Waals surface area (Å²) in [5.74, 6) is -0.180. The van der Waals surface area contributed by atoms with E-state index in [0.717, 1.165) is 40.0 Å². The van der Waals surface area contributed by atoms with Gasteiger partial charge in [-0.2, -0.15) is 0 Å². The van der Waals surface area contributed by atoms with E-state index < -0.39 is 11.9 Å². The Hall–Kier alpha value is -4.64. The average Bonchev–Trinajstić information content (AvgIpc) is 2.86. The zero-order chi connectivity index (χ0) is 23.2. The van der Waals surface area contributed by atoms with E-state index in [0.29, 0.717) is 11.5 Å². The van der Waals surface area contributed by atoms with Crippen LogP contribution in [0.2, 0.25) is 0 Å². The number of rotatable bonds is 7. The number of carbonyl (C=O) groups excluding carboxylic acids is 2. The van der Waals surface area contributed by atoms with E-state index in [2.05, 4.69) is 42.3 Å². The number of ether oxygens (including phenoxy) is 2. The lowest BCUT2D eigenvalue weighted by Gasteiger charge is -2.26. The van der Waals surface area contributed by atoms with Gasteiger partial charge in [-0.25, -0.2) is 9.59 Å². The molecule has 0 fully saturated rings. The fraction of sp³-hybridized carbons (Fsp3) is 0. The van der Waals surface area contributed by atoms with Crippen molar-refractivity contribution < 1.29 is 19.1 Å². The minimum absolute atomic E-state index is 0.425. The smallest absolute Gasteiger partial charge is 0.335 e. The van der Waals surface area contributed by atoms with Crippen molar-refractivity contribution in [1.82, 2.24) is 0 Å². The topological polar surface area (TPSA) is 55.8 Å². The van der Waals surface area contributed by atoms with Gasteiger partial charge in [-0.3, -0.25) is 0 Å². The van der Waals surface area contributed by atoms with E-state index >= 15 is 0 Å². The lowest BCUT2D eigenvalue weighted by atomic mass is 10.1. The third-order valence-electron chi connectivity index (χ3n) is 4.95. The highest BCUT2D eigenvalue weighted by Gasteiger charge is 2.14. The summed E-state index contributed by atoms with van der Waals surface area (Å²) in [5, 5.41) is 2.24. The third kappa shape index (κ3) is 4.99. The molecule has 0 aliphatic rings. The highest BCUT2D eigenvalue weighted by atomic mass is 16.5. The van der Waals surface area contributed by atoms with Gasteiger partial charge in [-0.05, 0) is 71.4 Å². The molecule has 4 aromatic carbocycles. The van der Waals surface area contributed by atoms with Crippen LogP contribution >= 0.6 is 0 Å². The summed E-state index contributed by atoms with van der Waals surface area (Å²) < 4.78 is 10.4. The molecule has 0 atom stereocenters. The number of benzene rings is 4. The molecular formula is C28H21NO4. The van der Waals surface area contributed by atoms with Crippen LogP contribution in [0.4, 0.5) is 17.1 Å². The minimum Gasteiger partial charge on any atom is -0.423 e. The van der Waals surface area contributed by atoms with Gasteiger partial charge in [-0.1, -0.05) is 43.5 Å². The third-order valence-corrected chi connectivity index (χ3v) is 4.95. The molecule has 4 aromatic rings. The Balaban J connectivity index is 1.74. The highest BCUT2D eigenvalue weighted by molar-refractivity contribution is 5.89. The van der Waals surface area contributed by atoms with Crippen molar-refractivity contribution in [2.45, 2.75) is 0 Å². The van der Waals surface area contributed by atoms with Crippen molar-refractivity contribution in [3.05, 3.63) is 116 Å². The second-order valence-corrected chi connectivity index (χ2v) is 7.11. The van der Waals surface area contributed by atoms with Crippen LogP contribution < -0.4 is 14.4 Å². The predicted molar refractivity (Wildman–Crippen MR) is 130 cm³/mol. The number of carbonyl (C=O) groups is 2. The number of hydrogen-bond acceptors (Lipinski definition) is 5. The summed E-state index contributed by atoms with van der Waals surface area (Å²) in [6.07, 6.45) is 2.24. The minimum atomic E-state index is -0.515. The molecule has 0 heterocycles. The molecule has 162 valence electrons. The van der Waals surface area contributed by atoms with Gasteiger partial charge in [-0.15, -0.1) is 0 Å². The Morgan fingerprint density at radius 3 is 1.55 bits per heavy atom. The van der Waals surface area contributed by atoms with Crippen molar-refractivity contribution in [2.24, 2.45) is 0 Å². The van der Waals surface area contributed by atoms with Crippen LogP contribution in [0.5, 0.6) is 11.5 Å². The first-order chi connectivity index (χ1) is 16.1. The highest BCUT2D eigenvalue weighted by Crippen LogP contribution is 2.37. The summed E-state index contributed by atoms with van der Waals surface area (Å²) in [4.78, 5) is 25.1. The zero-order valence-corrected chi connectivity index (χ0v) is 17.8. The summed E-state index contributed by atoms with van der Waals surface area (Å²) >= 11 is 0. The van der Waals surface area contributed by atoms with E-state index in [4.69, 9.17) is 9.47 Å². The van der Waals surface area contributed by atoms with Gasteiger partial charge in [0.1, 0.15) is 11.5 Å². The van der Waals surface area contributed by atoms with Gasteiger partial charge in [0.05, 0.1) is 0 Å². The summed E-state index contributed by atoms with van der Waals surface area (Å²) in [7, 11) is 0. The van der Waals surface area contributed by atoms with Crippen molar-refractivity contribution >= 4 is 39.8 Å². The van der Waals surface area contributed by atoms with Crippen LogP contribution in [-0.4, -0.2) is 11.9 Å². The van der Waals surface area contributed by atoms with Crippen LogP contribution in [0.3, 0.4) is 0 Å². The maximum absolute atomic E-state index is 11.5. The van der Waals surface area contributed by atoms with Crippen molar-refractivity contribution in [1.29, 1.82) is 0 Å². The molecule has 0 aromatic heterocycles. The van der Waals surface area contributed by atoms with E-state index in [1.165, 1.54) is 0 Å². The largest absolute Gasteiger partial charge is 0.423 e. The normalized spacial score (nSPS) is 10.3. The van der Waals surface area contributed by atoms with Gasteiger partial charge in [0.25, 0.3) is 0 Å². The molecular weight excluding hydrogens is 414 g/mol. The van der Waals surface area contributed by atoms with Crippen LogP contribution in [0, 0.1) is 0 Å². The van der Waals surface area contributed by atoms with Crippen LogP contribution in [-0.2, 0) is 9.59 Å². The van der Waals surface area contributed by atoms with Gasteiger partial charge in [0.2, 0.25) is 0 Å². The maximum atomic E-state index is 11.5. The fourth-order valence-electron chi connectivity index (χ4n) is 3.41. The molecule has 0 bridgehead atoms. The van der Waals surface area contributed by atoms with Gasteiger partial charge in [0.15, 0.2) is 0 Å². The Bertz CT molecular complexity index is 1260. The first kappa shape index (κ1) is 21.6. The molecule has 0 spiro atoms. The first-order valence-electron chi connectivity index (χ1n) is 10.2. The molecule has 5 nitrogen and oxygen atoms in total. The molecule has 0 N–H and O–H groups in total. The molecule has 0 saturated carbocycles. The monoisotopic (exact) mass is 435 g/mol. The molecule has 0 radical (unpaired) electrons. The number of esters is 2. The summed E-state index contributed by atoms with van der Waals surface area (Å²) in [6, 6.07) is 28.7. The second kappa shape index (κ2) is 9.66.